The van der Waals surface area contributed by atoms with E-state index < -0.39 is 5.60 Å². The monoisotopic (exact) mass is 356 g/mol. The van der Waals surface area contributed by atoms with Gasteiger partial charge in [-0.3, -0.25) is 4.79 Å². The zero-order chi connectivity index (χ0) is 19.0. The molecule has 0 aliphatic rings. The number of aryl methyl sites for hydroxylation is 1. The Morgan fingerprint density at radius 1 is 1.04 bits per heavy atom. The van der Waals surface area contributed by atoms with Crippen LogP contribution in [0.5, 0.6) is 5.75 Å². The summed E-state index contributed by atoms with van der Waals surface area (Å²) in [5, 5.41) is 10.8. The fraction of sp³-hybridized carbons (Fsp3) is 0.409. The van der Waals surface area contributed by atoms with Gasteiger partial charge in [0.25, 0.3) is 0 Å². The van der Waals surface area contributed by atoms with Gasteiger partial charge in [0.15, 0.2) is 0 Å². The summed E-state index contributed by atoms with van der Waals surface area (Å²) < 4.78 is 10.5. The largest absolute Gasteiger partial charge is 0.489 e. The smallest absolute Gasteiger partial charge is 0.308 e. The van der Waals surface area contributed by atoms with Gasteiger partial charge in [-0.15, -0.1) is 0 Å². The Hall–Kier alpha value is -2.33. The Morgan fingerprint density at radius 2 is 1.69 bits per heavy atom. The van der Waals surface area contributed by atoms with Gasteiger partial charge in [0.05, 0.1) is 19.1 Å². The SMILES string of the molecule is COC(=O)CC(O)(CCc1ccc(OCc2ccccc2)cc1)C(C)C. The molecule has 0 saturated heterocycles. The number of esters is 1. The van der Waals surface area contributed by atoms with Gasteiger partial charge in [0.2, 0.25) is 0 Å². The van der Waals surface area contributed by atoms with Crippen LogP contribution in [0, 0.1) is 5.92 Å². The van der Waals surface area contributed by atoms with Crippen molar-refractivity contribution >= 4 is 5.97 Å². The first-order valence-corrected chi connectivity index (χ1v) is 8.98. The summed E-state index contributed by atoms with van der Waals surface area (Å²) in [7, 11) is 1.34. The van der Waals surface area contributed by atoms with E-state index in [1.54, 1.807) is 0 Å². The maximum absolute atomic E-state index is 11.6. The van der Waals surface area contributed by atoms with Gasteiger partial charge >= 0.3 is 5.97 Å². The van der Waals surface area contributed by atoms with Crippen LogP contribution in [-0.4, -0.2) is 23.8 Å². The van der Waals surface area contributed by atoms with E-state index >= 15 is 0 Å². The van der Waals surface area contributed by atoms with Crippen molar-refractivity contribution in [2.24, 2.45) is 5.92 Å². The third kappa shape index (κ3) is 5.88. The third-order valence-electron chi connectivity index (χ3n) is 4.77. The lowest BCUT2D eigenvalue weighted by molar-refractivity contribution is -0.148. The highest BCUT2D eigenvalue weighted by molar-refractivity contribution is 5.70. The van der Waals surface area contributed by atoms with Crippen molar-refractivity contribution in [3.63, 3.8) is 0 Å². The van der Waals surface area contributed by atoms with Gasteiger partial charge in [-0.05, 0) is 42.0 Å². The molecule has 140 valence electrons. The summed E-state index contributed by atoms with van der Waals surface area (Å²) in [5.41, 5.74) is 1.16. The second kappa shape index (κ2) is 9.39. The van der Waals surface area contributed by atoms with Gasteiger partial charge in [-0.1, -0.05) is 56.3 Å². The predicted octanol–water partition coefficient (Wildman–Crippen LogP) is 4.15. The number of rotatable bonds is 9. The molecule has 0 bridgehead atoms. The standard InChI is InChI=1S/C22H28O4/c1-17(2)22(24,15-21(23)25-3)14-13-18-9-11-20(12-10-18)26-16-19-7-5-4-6-8-19/h4-12,17,24H,13-16H2,1-3H3. The number of aliphatic hydroxyl groups is 1. The molecule has 4 nitrogen and oxygen atoms in total. The summed E-state index contributed by atoms with van der Waals surface area (Å²) in [6, 6.07) is 17.9. The van der Waals surface area contributed by atoms with E-state index in [0.29, 0.717) is 19.4 Å². The Labute approximate surface area is 155 Å². The summed E-state index contributed by atoms with van der Waals surface area (Å²) >= 11 is 0. The molecule has 26 heavy (non-hydrogen) atoms. The summed E-state index contributed by atoms with van der Waals surface area (Å²) in [5.74, 6) is 0.396. The second-order valence-electron chi connectivity index (χ2n) is 6.93. The highest BCUT2D eigenvalue weighted by atomic mass is 16.5. The zero-order valence-corrected chi connectivity index (χ0v) is 15.8. The van der Waals surface area contributed by atoms with Gasteiger partial charge in [0.1, 0.15) is 12.4 Å². The first kappa shape index (κ1) is 20.0. The summed E-state index contributed by atoms with van der Waals surface area (Å²) in [6.07, 6.45) is 1.20. The molecule has 0 saturated carbocycles. The van der Waals surface area contributed by atoms with Crippen molar-refractivity contribution < 1.29 is 19.4 Å². The fourth-order valence-corrected chi connectivity index (χ4v) is 2.76. The number of methoxy groups -OCH3 is 1. The Bertz CT molecular complexity index is 679. The molecule has 0 radical (unpaired) electrons. The Balaban J connectivity index is 1.90. The number of ether oxygens (including phenoxy) is 2. The molecule has 4 heteroatoms. The molecule has 2 aromatic carbocycles. The molecular weight excluding hydrogens is 328 g/mol. The van der Waals surface area contributed by atoms with E-state index in [9.17, 15) is 9.90 Å². The fourth-order valence-electron chi connectivity index (χ4n) is 2.76. The van der Waals surface area contributed by atoms with Gasteiger partial charge in [-0.25, -0.2) is 0 Å². The molecule has 0 aromatic heterocycles. The van der Waals surface area contributed by atoms with Crippen LogP contribution < -0.4 is 4.74 Å². The highest BCUT2D eigenvalue weighted by Gasteiger charge is 2.33. The van der Waals surface area contributed by atoms with Crippen molar-refractivity contribution in [3.8, 4) is 5.75 Å². The normalized spacial score (nSPS) is 13.3. The minimum absolute atomic E-state index is 0.0133. The van der Waals surface area contributed by atoms with E-state index in [0.717, 1.165) is 16.9 Å². The number of carbonyl (C=O) groups is 1. The lowest BCUT2D eigenvalue weighted by atomic mass is 9.82. The molecule has 0 spiro atoms. The third-order valence-corrected chi connectivity index (χ3v) is 4.77. The molecule has 0 heterocycles. The van der Waals surface area contributed by atoms with Crippen LogP contribution in [0.2, 0.25) is 0 Å². The van der Waals surface area contributed by atoms with Crippen molar-refractivity contribution in [2.45, 2.75) is 45.3 Å². The number of hydrogen-bond donors (Lipinski definition) is 1. The predicted molar refractivity (Wildman–Crippen MR) is 102 cm³/mol. The van der Waals surface area contributed by atoms with Gasteiger partial charge in [-0.2, -0.15) is 0 Å². The molecule has 0 amide bonds. The average molecular weight is 356 g/mol. The molecule has 0 aliphatic heterocycles. The van der Waals surface area contributed by atoms with Crippen LogP contribution >= 0.6 is 0 Å². The second-order valence-corrected chi connectivity index (χ2v) is 6.93. The van der Waals surface area contributed by atoms with Crippen molar-refractivity contribution in [2.75, 3.05) is 7.11 Å². The first-order valence-electron chi connectivity index (χ1n) is 8.98. The molecule has 0 fully saturated rings. The number of hydrogen-bond acceptors (Lipinski definition) is 4. The first-order chi connectivity index (χ1) is 12.4. The average Bonchev–Trinajstić information content (AvgIpc) is 2.66. The number of benzene rings is 2. The molecule has 2 rings (SSSR count). The summed E-state index contributed by atoms with van der Waals surface area (Å²) in [6.45, 7) is 4.37. The van der Waals surface area contributed by atoms with Crippen molar-refractivity contribution in [1.82, 2.24) is 0 Å². The lowest BCUT2D eigenvalue weighted by Crippen LogP contribution is -2.38. The van der Waals surface area contributed by atoms with Crippen molar-refractivity contribution in [3.05, 3.63) is 65.7 Å². The number of carbonyl (C=O) groups excluding carboxylic acids is 1. The zero-order valence-electron chi connectivity index (χ0n) is 15.8. The van der Waals surface area contributed by atoms with Crippen LogP contribution in [-0.2, 0) is 22.6 Å². The van der Waals surface area contributed by atoms with Crippen LogP contribution in [0.3, 0.4) is 0 Å². The minimum Gasteiger partial charge on any atom is -0.489 e. The van der Waals surface area contributed by atoms with Crippen molar-refractivity contribution in [1.29, 1.82) is 0 Å². The summed E-state index contributed by atoms with van der Waals surface area (Å²) in [4.78, 5) is 11.6. The van der Waals surface area contributed by atoms with Crippen LogP contribution in [0.1, 0.15) is 37.8 Å². The molecule has 1 N–H and O–H groups in total. The topological polar surface area (TPSA) is 55.8 Å². The lowest BCUT2D eigenvalue weighted by Gasteiger charge is -2.31. The molecule has 2 aromatic rings. The van der Waals surface area contributed by atoms with Gasteiger partial charge in [0, 0.05) is 0 Å². The van der Waals surface area contributed by atoms with Gasteiger partial charge < -0.3 is 14.6 Å². The molecular formula is C22H28O4. The Kier molecular flexibility index (Phi) is 7.22. The van der Waals surface area contributed by atoms with E-state index in [1.807, 2.05) is 68.4 Å². The van der Waals surface area contributed by atoms with E-state index in [4.69, 9.17) is 9.47 Å². The maximum atomic E-state index is 11.6. The highest BCUT2D eigenvalue weighted by Crippen LogP contribution is 2.28. The van der Waals surface area contributed by atoms with Crippen LogP contribution in [0.25, 0.3) is 0 Å². The van der Waals surface area contributed by atoms with E-state index in [1.165, 1.54) is 7.11 Å². The quantitative estimate of drug-likeness (QED) is 0.686. The molecule has 1 atom stereocenters. The maximum Gasteiger partial charge on any atom is 0.308 e. The minimum atomic E-state index is -1.06. The van der Waals surface area contributed by atoms with Crippen LogP contribution in [0.15, 0.2) is 54.6 Å². The van der Waals surface area contributed by atoms with E-state index in [-0.39, 0.29) is 18.3 Å². The molecule has 1 unspecified atom stereocenters. The van der Waals surface area contributed by atoms with Crippen LogP contribution in [0.4, 0.5) is 0 Å². The van der Waals surface area contributed by atoms with E-state index in [2.05, 4.69) is 0 Å². The molecule has 0 aliphatic carbocycles. The Morgan fingerprint density at radius 3 is 2.27 bits per heavy atom.